The Bertz CT molecular complexity index is 432. The molecule has 0 aliphatic heterocycles. The van der Waals surface area contributed by atoms with Gasteiger partial charge in [-0.25, -0.2) is 0 Å². The fourth-order valence-electron chi connectivity index (χ4n) is 3.81. The molecule has 0 unspecified atom stereocenters. The van der Waals surface area contributed by atoms with Gasteiger partial charge in [-0.05, 0) is 49.2 Å². The smallest absolute Gasteiger partial charge is 0.184 e. The van der Waals surface area contributed by atoms with E-state index in [4.69, 9.17) is 0 Å². The molecule has 0 aromatic heterocycles. The second-order valence-corrected chi connectivity index (χ2v) is 7.72. The van der Waals surface area contributed by atoms with E-state index in [9.17, 15) is 15.0 Å². The first kappa shape index (κ1) is 14.7. The molecular formula is C16H26O3. The Hall–Kier alpha value is -0.670. The Balaban J connectivity index is 2.45. The Morgan fingerprint density at radius 3 is 2.47 bits per heavy atom. The lowest BCUT2D eigenvalue weighted by Gasteiger charge is -2.56. The molecule has 4 atom stereocenters. The maximum Gasteiger partial charge on any atom is 0.184 e. The molecule has 0 heterocycles. The number of ketones is 1. The van der Waals surface area contributed by atoms with E-state index in [0.717, 1.165) is 6.42 Å². The molecule has 1 saturated carbocycles. The van der Waals surface area contributed by atoms with Crippen LogP contribution in [0.5, 0.6) is 0 Å². The maximum atomic E-state index is 11.8. The monoisotopic (exact) mass is 266 g/mol. The van der Waals surface area contributed by atoms with E-state index in [1.165, 1.54) is 6.08 Å². The Morgan fingerprint density at radius 2 is 1.95 bits per heavy atom. The van der Waals surface area contributed by atoms with Crippen LogP contribution in [0.25, 0.3) is 0 Å². The van der Waals surface area contributed by atoms with Gasteiger partial charge in [0.25, 0.3) is 0 Å². The van der Waals surface area contributed by atoms with Crippen LogP contribution >= 0.6 is 0 Å². The lowest BCUT2D eigenvalue weighted by atomic mass is 9.51. The largest absolute Gasteiger partial charge is 0.385 e. The van der Waals surface area contributed by atoms with Crippen LogP contribution in [0, 0.1) is 16.7 Å². The van der Waals surface area contributed by atoms with Gasteiger partial charge in [0.05, 0.1) is 5.60 Å². The Labute approximate surface area is 115 Å². The van der Waals surface area contributed by atoms with Crippen LogP contribution in [-0.2, 0) is 4.79 Å². The highest BCUT2D eigenvalue weighted by atomic mass is 16.3. The molecule has 0 aromatic carbocycles. The first-order chi connectivity index (χ1) is 8.52. The average Bonchev–Trinajstić information content (AvgIpc) is 2.28. The van der Waals surface area contributed by atoms with Crippen LogP contribution in [0.15, 0.2) is 11.6 Å². The summed E-state index contributed by atoms with van der Waals surface area (Å²) < 4.78 is 0. The number of aliphatic hydroxyl groups is 2. The Kier molecular flexibility index (Phi) is 3.23. The second kappa shape index (κ2) is 4.16. The highest BCUT2D eigenvalue weighted by Gasteiger charge is 2.60. The lowest BCUT2D eigenvalue weighted by molar-refractivity contribution is -0.173. The van der Waals surface area contributed by atoms with E-state index in [1.54, 1.807) is 0 Å². The van der Waals surface area contributed by atoms with Gasteiger partial charge in [0.15, 0.2) is 5.78 Å². The van der Waals surface area contributed by atoms with Gasteiger partial charge in [-0.15, -0.1) is 0 Å². The van der Waals surface area contributed by atoms with E-state index >= 15 is 0 Å². The number of rotatable bonds is 0. The third-order valence-corrected chi connectivity index (χ3v) is 5.61. The lowest BCUT2D eigenvalue weighted by Crippen LogP contribution is -2.62. The third-order valence-electron chi connectivity index (χ3n) is 5.61. The number of hydrogen-bond donors (Lipinski definition) is 2. The van der Waals surface area contributed by atoms with Crippen molar-refractivity contribution in [2.24, 2.45) is 16.7 Å². The van der Waals surface area contributed by atoms with Crippen molar-refractivity contribution in [1.82, 2.24) is 0 Å². The highest BCUT2D eigenvalue weighted by Crippen LogP contribution is 2.56. The predicted octanol–water partition coefficient (Wildman–Crippen LogP) is 2.46. The first-order valence-corrected chi connectivity index (χ1v) is 7.15. The molecule has 3 nitrogen and oxygen atoms in total. The molecule has 0 amide bonds. The van der Waals surface area contributed by atoms with Gasteiger partial charge in [0.1, 0.15) is 6.10 Å². The van der Waals surface area contributed by atoms with Gasteiger partial charge < -0.3 is 10.2 Å². The molecule has 0 radical (unpaired) electrons. The van der Waals surface area contributed by atoms with Crippen LogP contribution < -0.4 is 0 Å². The minimum Gasteiger partial charge on any atom is -0.385 e. The standard InChI is InChI=1S/C16H26O3/c1-10-8-12(17)13(18)15(5)7-6-11(14(2,3)4)9-16(10,15)19/h8,11,13,18-19H,6-7,9H2,1-5H3/t11-,13-,15-,16+/m0/s1. The summed E-state index contributed by atoms with van der Waals surface area (Å²) in [5.41, 5.74) is -0.968. The number of hydrogen-bond acceptors (Lipinski definition) is 3. The van der Waals surface area contributed by atoms with Crippen molar-refractivity contribution < 1.29 is 15.0 Å². The summed E-state index contributed by atoms with van der Waals surface area (Å²) in [6.07, 6.45) is 2.60. The minimum atomic E-state index is -1.08. The van der Waals surface area contributed by atoms with E-state index in [2.05, 4.69) is 20.8 Å². The minimum absolute atomic E-state index is 0.129. The van der Waals surface area contributed by atoms with E-state index < -0.39 is 17.1 Å². The van der Waals surface area contributed by atoms with Gasteiger partial charge >= 0.3 is 0 Å². The van der Waals surface area contributed by atoms with Crippen molar-refractivity contribution in [3.63, 3.8) is 0 Å². The molecule has 2 N–H and O–H groups in total. The fourth-order valence-corrected chi connectivity index (χ4v) is 3.81. The number of aliphatic hydroxyl groups excluding tert-OH is 1. The van der Waals surface area contributed by atoms with Gasteiger partial charge in [-0.1, -0.05) is 27.7 Å². The van der Waals surface area contributed by atoms with Crippen molar-refractivity contribution in [3.05, 3.63) is 11.6 Å². The molecule has 2 aliphatic carbocycles. The summed E-state index contributed by atoms with van der Waals surface area (Å²) in [5, 5.41) is 21.4. The summed E-state index contributed by atoms with van der Waals surface area (Å²) >= 11 is 0. The van der Waals surface area contributed by atoms with Gasteiger partial charge in [-0.3, -0.25) is 4.79 Å². The van der Waals surface area contributed by atoms with Crippen LogP contribution in [0.3, 0.4) is 0 Å². The normalized spacial score (nSPS) is 43.7. The van der Waals surface area contributed by atoms with Crippen molar-refractivity contribution in [2.45, 2.75) is 65.6 Å². The Morgan fingerprint density at radius 1 is 1.37 bits per heavy atom. The summed E-state index contributed by atoms with van der Waals surface area (Å²) in [5.74, 6) is 0.133. The average molecular weight is 266 g/mol. The molecule has 2 rings (SSSR count). The van der Waals surface area contributed by atoms with Gasteiger partial charge in [0, 0.05) is 5.41 Å². The van der Waals surface area contributed by atoms with E-state index in [1.807, 2.05) is 13.8 Å². The van der Waals surface area contributed by atoms with Crippen molar-refractivity contribution in [2.75, 3.05) is 0 Å². The molecular weight excluding hydrogens is 240 g/mol. The van der Waals surface area contributed by atoms with Crippen molar-refractivity contribution >= 4 is 5.78 Å². The quantitative estimate of drug-likeness (QED) is 0.708. The molecule has 19 heavy (non-hydrogen) atoms. The molecule has 0 spiro atoms. The van der Waals surface area contributed by atoms with E-state index in [0.29, 0.717) is 24.3 Å². The summed E-state index contributed by atoms with van der Waals surface area (Å²) in [7, 11) is 0. The van der Waals surface area contributed by atoms with Crippen LogP contribution in [-0.4, -0.2) is 27.7 Å². The molecule has 2 aliphatic rings. The predicted molar refractivity (Wildman–Crippen MR) is 74.6 cm³/mol. The summed E-state index contributed by atoms with van der Waals surface area (Å²) in [6, 6.07) is 0. The zero-order valence-corrected chi connectivity index (χ0v) is 12.7. The molecule has 0 aromatic rings. The van der Waals surface area contributed by atoms with Gasteiger partial charge in [0.2, 0.25) is 0 Å². The van der Waals surface area contributed by atoms with E-state index in [-0.39, 0.29) is 11.2 Å². The SMILES string of the molecule is CC1=CC(=O)[C@H](O)[C@]2(C)CC[C@H](C(C)(C)C)C[C@@]12O. The zero-order valence-electron chi connectivity index (χ0n) is 12.7. The van der Waals surface area contributed by atoms with Crippen molar-refractivity contribution in [1.29, 1.82) is 0 Å². The maximum absolute atomic E-state index is 11.8. The van der Waals surface area contributed by atoms with Crippen LogP contribution in [0.4, 0.5) is 0 Å². The number of fused-ring (bicyclic) bond motifs is 1. The molecule has 108 valence electrons. The second-order valence-electron chi connectivity index (χ2n) is 7.72. The van der Waals surface area contributed by atoms with Crippen molar-refractivity contribution in [3.8, 4) is 0 Å². The molecule has 3 heteroatoms. The van der Waals surface area contributed by atoms with Gasteiger partial charge in [-0.2, -0.15) is 0 Å². The molecule has 1 fully saturated rings. The first-order valence-electron chi connectivity index (χ1n) is 7.15. The molecule has 0 saturated heterocycles. The highest BCUT2D eigenvalue weighted by molar-refractivity contribution is 5.96. The number of carbonyl (C=O) groups is 1. The van der Waals surface area contributed by atoms with Crippen LogP contribution in [0.1, 0.15) is 53.9 Å². The third kappa shape index (κ3) is 1.98. The topological polar surface area (TPSA) is 57.5 Å². The fraction of sp³-hybridized carbons (Fsp3) is 0.812. The summed E-state index contributed by atoms with van der Waals surface area (Å²) in [6.45, 7) is 10.2. The molecule has 0 bridgehead atoms. The number of carbonyl (C=O) groups excluding carboxylic acids is 1. The zero-order chi connectivity index (χ0) is 14.6. The van der Waals surface area contributed by atoms with Crippen LogP contribution in [0.2, 0.25) is 0 Å². The summed E-state index contributed by atoms with van der Waals surface area (Å²) in [4.78, 5) is 11.8.